The molecule has 2 atom stereocenters. The molecule has 20 heavy (non-hydrogen) atoms. The number of hydrogen-bond donors (Lipinski definition) is 1. The first-order valence-corrected chi connectivity index (χ1v) is 7.41. The third-order valence-electron chi connectivity index (χ3n) is 3.39. The molecule has 0 aromatic carbocycles. The van der Waals surface area contributed by atoms with Crippen molar-refractivity contribution in [3.8, 4) is 0 Å². The molecule has 1 fully saturated rings. The van der Waals surface area contributed by atoms with Crippen molar-refractivity contribution in [2.45, 2.75) is 65.0 Å². The number of rotatable bonds is 3. The van der Waals surface area contributed by atoms with Crippen LogP contribution in [0.1, 0.15) is 53.4 Å². The van der Waals surface area contributed by atoms with Crippen molar-refractivity contribution in [1.29, 1.82) is 0 Å². The highest BCUT2D eigenvalue weighted by atomic mass is 16.6. The smallest absolute Gasteiger partial charge is 0.410 e. The van der Waals surface area contributed by atoms with Gasteiger partial charge < -0.3 is 15.0 Å². The van der Waals surface area contributed by atoms with Crippen molar-refractivity contribution in [3.05, 3.63) is 0 Å². The number of nitrogens with one attached hydrogen (secondary N) is 1. The lowest BCUT2D eigenvalue weighted by Crippen LogP contribution is -2.45. The fraction of sp³-hybridized carbons (Fsp3) is 0.867. The Morgan fingerprint density at radius 1 is 1.30 bits per heavy atom. The van der Waals surface area contributed by atoms with Gasteiger partial charge in [0.1, 0.15) is 12.1 Å². The zero-order chi connectivity index (χ0) is 15.3. The molecule has 0 radical (unpaired) electrons. The second kappa shape index (κ2) is 6.95. The lowest BCUT2D eigenvalue weighted by Gasteiger charge is -2.28. The number of carbonyl (C=O) groups excluding carboxylic acids is 2. The van der Waals surface area contributed by atoms with E-state index in [0.717, 1.165) is 19.3 Å². The largest absolute Gasteiger partial charge is 0.444 e. The molecule has 0 spiro atoms. The molecule has 5 nitrogen and oxygen atoms in total. The molecule has 2 amide bonds. The van der Waals surface area contributed by atoms with Gasteiger partial charge in [-0.1, -0.05) is 19.8 Å². The Kier molecular flexibility index (Phi) is 5.84. The number of hydrogen-bond acceptors (Lipinski definition) is 3. The van der Waals surface area contributed by atoms with Crippen LogP contribution in [0.25, 0.3) is 0 Å². The van der Waals surface area contributed by atoms with E-state index in [1.54, 1.807) is 7.05 Å². The van der Waals surface area contributed by atoms with Crippen LogP contribution < -0.4 is 5.32 Å². The maximum Gasteiger partial charge on any atom is 0.410 e. The SMILES string of the molecule is C[C@@H]1CCC[C@H](NC(=O)CN(C)C(=O)OC(C)(C)C)C1. The molecular formula is C15H28N2O3. The Bertz CT molecular complexity index is 350. The van der Waals surface area contributed by atoms with E-state index in [1.807, 2.05) is 20.8 Å². The maximum atomic E-state index is 11.9. The Hall–Kier alpha value is -1.26. The van der Waals surface area contributed by atoms with Crippen LogP contribution in [0.2, 0.25) is 0 Å². The molecule has 0 saturated heterocycles. The Balaban J connectivity index is 2.36. The molecule has 1 aliphatic carbocycles. The lowest BCUT2D eigenvalue weighted by atomic mass is 9.87. The van der Waals surface area contributed by atoms with Gasteiger partial charge in [0, 0.05) is 13.1 Å². The zero-order valence-electron chi connectivity index (χ0n) is 13.4. The minimum Gasteiger partial charge on any atom is -0.444 e. The van der Waals surface area contributed by atoms with Gasteiger partial charge in [-0.05, 0) is 39.5 Å². The van der Waals surface area contributed by atoms with Crippen molar-refractivity contribution >= 4 is 12.0 Å². The van der Waals surface area contributed by atoms with E-state index >= 15 is 0 Å². The van der Waals surface area contributed by atoms with E-state index in [4.69, 9.17) is 4.74 Å². The first kappa shape index (κ1) is 16.8. The highest BCUT2D eigenvalue weighted by Crippen LogP contribution is 2.23. The molecule has 116 valence electrons. The first-order valence-electron chi connectivity index (χ1n) is 7.41. The van der Waals surface area contributed by atoms with Gasteiger partial charge >= 0.3 is 6.09 Å². The monoisotopic (exact) mass is 284 g/mol. The van der Waals surface area contributed by atoms with Crippen LogP contribution in [0.4, 0.5) is 4.79 Å². The van der Waals surface area contributed by atoms with Gasteiger partial charge in [0.2, 0.25) is 5.91 Å². The normalized spacial score (nSPS) is 23.1. The summed E-state index contributed by atoms with van der Waals surface area (Å²) < 4.78 is 5.21. The first-order chi connectivity index (χ1) is 9.17. The van der Waals surface area contributed by atoms with Gasteiger partial charge in [-0.15, -0.1) is 0 Å². The van der Waals surface area contributed by atoms with E-state index in [-0.39, 0.29) is 18.5 Å². The summed E-state index contributed by atoms with van der Waals surface area (Å²) >= 11 is 0. The summed E-state index contributed by atoms with van der Waals surface area (Å²) in [7, 11) is 1.58. The summed E-state index contributed by atoms with van der Waals surface area (Å²) in [5.74, 6) is 0.551. The van der Waals surface area contributed by atoms with E-state index in [0.29, 0.717) is 5.92 Å². The molecule has 0 aromatic heterocycles. The topological polar surface area (TPSA) is 58.6 Å². The molecular weight excluding hydrogens is 256 g/mol. The predicted octanol–water partition coefficient (Wildman–Crippen LogP) is 2.55. The molecule has 0 bridgehead atoms. The van der Waals surface area contributed by atoms with Gasteiger partial charge in [0.25, 0.3) is 0 Å². The summed E-state index contributed by atoms with van der Waals surface area (Å²) in [6, 6.07) is 0.248. The summed E-state index contributed by atoms with van der Waals surface area (Å²) in [4.78, 5) is 25.0. The van der Waals surface area contributed by atoms with Gasteiger partial charge in [-0.25, -0.2) is 4.79 Å². The Morgan fingerprint density at radius 2 is 1.95 bits per heavy atom. The van der Waals surface area contributed by atoms with Crippen molar-refractivity contribution in [1.82, 2.24) is 10.2 Å². The van der Waals surface area contributed by atoms with Crippen LogP contribution in [-0.2, 0) is 9.53 Å². The van der Waals surface area contributed by atoms with E-state index in [1.165, 1.54) is 11.3 Å². The summed E-state index contributed by atoms with van der Waals surface area (Å²) in [6.45, 7) is 7.68. The van der Waals surface area contributed by atoms with Crippen LogP contribution in [0.15, 0.2) is 0 Å². The second-order valence-corrected chi connectivity index (χ2v) is 6.87. The van der Waals surface area contributed by atoms with Crippen LogP contribution >= 0.6 is 0 Å². The van der Waals surface area contributed by atoms with Crippen LogP contribution in [0.5, 0.6) is 0 Å². The summed E-state index contributed by atoms with van der Waals surface area (Å²) in [5, 5.41) is 3.01. The number of nitrogens with zero attached hydrogens (tertiary/aromatic N) is 1. The minimum atomic E-state index is -0.541. The number of likely N-dealkylation sites (N-methyl/N-ethyl adjacent to an activating group) is 1. The molecule has 5 heteroatoms. The summed E-state index contributed by atoms with van der Waals surface area (Å²) in [5.41, 5.74) is -0.541. The average Bonchev–Trinajstić information content (AvgIpc) is 2.26. The number of amides is 2. The minimum absolute atomic E-state index is 0.0415. The molecule has 1 N–H and O–H groups in total. The third kappa shape index (κ3) is 6.26. The predicted molar refractivity (Wildman–Crippen MR) is 78.4 cm³/mol. The fourth-order valence-electron chi connectivity index (χ4n) is 2.46. The van der Waals surface area contributed by atoms with Crippen molar-refractivity contribution in [3.63, 3.8) is 0 Å². The Morgan fingerprint density at radius 3 is 2.50 bits per heavy atom. The number of carbonyl (C=O) groups is 2. The zero-order valence-corrected chi connectivity index (χ0v) is 13.4. The number of ether oxygens (including phenoxy) is 1. The molecule has 0 aliphatic heterocycles. The highest BCUT2D eigenvalue weighted by molar-refractivity contribution is 5.82. The van der Waals surface area contributed by atoms with Crippen molar-refractivity contribution in [2.75, 3.05) is 13.6 Å². The standard InChI is InChI=1S/C15H28N2O3/c1-11-7-6-8-12(9-11)16-13(18)10-17(5)14(19)20-15(2,3)4/h11-12H,6-10H2,1-5H3,(H,16,18)/t11-,12+/m1/s1. The van der Waals surface area contributed by atoms with E-state index < -0.39 is 11.7 Å². The highest BCUT2D eigenvalue weighted by Gasteiger charge is 2.23. The average molecular weight is 284 g/mol. The van der Waals surface area contributed by atoms with Gasteiger partial charge in [0.15, 0.2) is 0 Å². The lowest BCUT2D eigenvalue weighted by molar-refractivity contribution is -0.123. The van der Waals surface area contributed by atoms with E-state index in [2.05, 4.69) is 12.2 Å². The van der Waals surface area contributed by atoms with Crippen LogP contribution in [0.3, 0.4) is 0 Å². The maximum absolute atomic E-state index is 11.9. The molecule has 0 aromatic rings. The second-order valence-electron chi connectivity index (χ2n) is 6.87. The van der Waals surface area contributed by atoms with Crippen LogP contribution in [-0.4, -0.2) is 42.1 Å². The quantitative estimate of drug-likeness (QED) is 0.866. The fourth-order valence-corrected chi connectivity index (χ4v) is 2.46. The summed E-state index contributed by atoms with van der Waals surface area (Å²) in [6.07, 6.45) is 4.00. The van der Waals surface area contributed by atoms with Gasteiger partial charge in [0.05, 0.1) is 0 Å². The molecule has 0 heterocycles. The molecule has 1 aliphatic rings. The third-order valence-corrected chi connectivity index (χ3v) is 3.39. The van der Waals surface area contributed by atoms with Crippen molar-refractivity contribution < 1.29 is 14.3 Å². The Labute approximate surface area is 122 Å². The molecule has 1 rings (SSSR count). The van der Waals surface area contributed by atoms with Crippen LogP contribution in [0, 0.1) is 5.92 Å². The van der Waals surface area contributed by atoms with Gasteiger partial charge in [-0.3, -0.25) is 4.79 Å². The van der Waals surface area contributed by atoms with Gasteiger partial charge in [-0.2, -0.15) is 0 Å². The molecule has 1 saturated carbocycles. The van der Waals surface area contributed by atoms with Crippen molar-refractivity contribution in [2.24, 2.45) is 5.92 Å². The van der Waals surface area contributed by atoms with E-state index in [9.17, 15) is 9.59 Å². The molecule has 0 unspecified atom stereocenters.